The van der Waals surface area contributed by atoms with Crippen molar-refractivity contribution in [3.05, 3.63) is 36.4 Å². The number of rotatable bonds is 4. The lowest BCUT2D eigenvalue weighted by Gasteiger charge is -2.39. The first-order chi connectivity index (χ1) is 12.4. The van der Waals surface area contributed by atoms with Crippen molar-refractivity contribution in [2.75, 3.05) is 22.9 Å². The molecule has 25 heavy (non-hydrogen) atoms. The number of aromatic nitrogens is 4. The van der Waals surface area contributed by atoms with Crippen LogP contribution >= 0.6 is 11.3 Å². The molecule has 6 nitrogen and oxygen atoms in total. The summed E-state index contributed by atoms with van der Waals surface area (Å²) in [5, 5.41) is 2.10. The van der Waals surface area contributed by atoms with Crippen molar-refractivity contribution in [2.45, 2.75) is 37.8 Å². The molecule has 0 N–H and O–H groups in total. The highest BCUT2D eigenvalue weighted by Crippen LogP contribution is 2.36. The summed E-state index contributed by atoms with van der Waals surface area (Å²) in [6, 6.07) is 5.33. The largest absolute Gasteiger partial charge is 0.355 e. The minimum Gasteiger partial charge on any atom is -0.355 e. The topological polar surface area (TPSA) is 58.0 Å². The van der Waals surface area contributed by atoms with E-state index >= 15 is 0 Å². The Hall–Kier alpha value is -2.28. The van der Waals surface area contributed by atoms with E-state index in [2.05, 4.69) is 41.2 Å². The smallest absolute Gasteiger partial charge is 0.150 e. The van der Waals surface area contributed by atoms with Crippen LogP contribution in [0.3, 0.4) is 0 Å². The highest BCUT2D eigenvalue weighted by molar-refractivity contribution is 7.17. The molecule has 0 spiro atoms. The average Bonchev–Trinajstić information content (AvgIpc) is 3.38. The van der Waals surface area contributed by atoms with Crippen molar-refractivity contribution in [3.63, 3.8) is 0 Å². The van der Waals surface area contributed by atoms with Crippen molar-refractivity contribution in [3.8, 4) is 0 Å². The first-order valence-electron chi connectivity index (χ1n) is 8.87. The minimum atomic E-state index is 0.555. The Morgan fingerprint density at radius 3 is 2.56 bits per heavy atom. The first-order valence-corrected chi connectivity index (χ1v) is 9.75. The normalized spacial score (nSPS) is 18.6. The van der Waals surface area contributed by atoms with Gasteiger partial charge in [-0.3, -0.25) is 0 Å². The van der Waals surface area contributed by atoms with Crippen molar-refractivity contribution in [2.24, 2.45) is 0 Å². The Morgan fingerprint density at radius 2 is 1.80 bits per heavy atom. The maximum atomic E-state index is 4.57. The molecule has 0 atom stereocenters. The van der Waals surface area contributed by atoms with Crippen LogP contribution in [0.1, 0.15) is 25.7 Å². The van der Waals surface area contributed by atoms with E-state index in [9.17, 15) is 0 Å². The average molecular weight is 352 g/mol. The van der Waals surface area contributed by atoms with Crippen molar-refractivity contribution in [1.29, 1.82) is 0 Å². The van der Waals surface area contributed by atoms with Gasteiger partial charge in [-0.15, -0.1) is 11.3 Å². The van der Waals surface area contributed by atoms with Crippen LogP contribution in [0.5, 0.6) is 0 Å². The predicted molar refractivity (Wildman–Crippen MR) is 100 cm³/mol. The van der Waals surface area contributed by atoms with Crippen molar-refractivity contribution < 1.29 is 0 Å². The number of piperidine rings is 1. The molecule has 128 valence electrons. The van der Waals surface area contributed by atoms with E-state index in [4.69, 9.17) is 0 Å². The fourth-order valence-electron chi connectivity index (χ4n) is 3.82. The monoisotopic (exact) mass is 352 g/mol. The van der Waals surface area contributed by atoms with Crippen LogP contribution < -0.4 is 9.80 Å². The second-order valence-electron chi connectivity index (χ2n) is 6.76. The predicted octanol–water partition coefficient (Wildman–Crippen LogP) is 3.12. The summed E-state index contributed by atoms with van der Waals surface area (Å²) in [5.74, 6) is 2.18. The van der Waals surface area contributed by atoms with Crippen LogP contribution in [0.25, 0.3) is 10.2 Å². The van der Waals surface area contributed by atoms with Gasteiger partial charge in [0, 0.05) is 31.4 Å². The van der Waals surface area contributed by atoms with Crippen LogP contribution in [0.4, 0.5) is 11.6 Å². The molecule has 1 saturated carbocycles. The zero-order valence-corrected chi connectivity index (χ0v) is 14.8. The molecular weight excluding hydrogens is 332 g/mol. The summed E-state index contributed by atoms with van der Waals surface area (Å²) in [6.07, 6.45) is 10.0. The number of nitrogens with zero attached hydrogens (tertiary/aromatic N) is 6. The molecule has 2 aliphatic rings. The van der Waals surface area contributed by atoms with Crippen molar-refractivity contribution >= 4 is 33.2 Å². The van der Waals surface area contributed by atoms with Crippen LogP contribution in [0, 0.1) is 0 Å². The molecule has 4 heterocycles. The zero-order chi connectivity index (χ0) is 16.6. The molecule has 0 unspecified atom stereocenters. The summed E-state index contributed by atoms with van der Waals surface area (Å²) in [7, 11) is 0. The van der Waals surface area contributed by atoms with Gasteiger partial charge < -0.3 is 9.80 Å². The van der Waals surface area contributed by atoms with E-state index in [-0.39, 0.29) is 0 Å². The van der Waals surface area contributed by atoms with Gasteiger partial charge in [-0.25, -0.2) is 19.9 Å². The van der Waals surface area contributed by atoms with Gasteiger partial charge in [0.15, 0.2) is 0 Å². The van der Waals surface area contributed by atoms with E-state index in [0.29, 0.717) is 12.1 Å². The second-order valence-corrected chi connectivity index (χ2v) is 7.67. The molecule has 5 rings (SSSR count). The van der Waals surface area contributed by atoms with E-state index < -0.39 is 0 Å². The van der Waals surface area contributed by atoms with Gasteiger partial charge in [0.1, 0.15) is 24.3 Å². The lowest BCUT2D eigenvalue weighted by Crippen LogP contribution is -2.46. The maximum absolute atomic E-state index is 4.57. The van der Waals surface area contributed by atoms with Gasteiger partial charge in [-0.05, 0) is 43.2 Å². The summed E-state index contributed by atoms with van der Waals surface area (Å²) >= 11 is 1.73. The van der Waals surface area contributed by atoms with Gasteiger partial charge >= 0.3 is 0 Å². The summed E-state index contributed by atoms with van der Waals surface area (Å²) in [4.78, 5) is 22.5. The number of hydrogen-bond donors (Lipinski definition) is 0. The Labute approximate surface area is 150 Å². The number of anilines is 2. The standard InChI is InChI=1S/C18H20N6S/c1-2-13(1)24(16-3-7-19-11-21-16)14-4-8-23(9-5-14)18-17-15(6-10-25-17)20-12-22-18/h3,6-7,10-14H,1-2,4-5,8-9H2. The summed E-state index contributed by atoms with van der Waals surface area (Å²) in [5.41, 5.74) is 1.05. The molecule has 1 aliphatic heterocycles. The zero-order valence-electron chi connectivity index (χ0n) is 14.0. The van der Waals surface area contributed by atoms with Gasteiger partial charge in [0.25, 0.3) is 0 Å². The molecule has 0 amide bonds. The van der Waals surface area contributed by atoms with Crippen LogP contribution in [-0.4, -0.2) is 45.1 Å². The molecule has 3 aromatic heterocycles. The van der Waals surface area contributed by atoms with E-state index in [1.165, 1.54) is 17.5 Å². The Balaban J connectivity index is 1.35. The second kappa shape index (κ2) is 6.22. The van der Waals surface area contributed by atoms with Gasteiger partial charge in [0.05, 0.1) is 10.2 Å². The van der Waals surface area contributed by atoms with Crippen molar-refractivity contribution in [1.82, 2.24) is 19.9 Å². The van der Waals surface area contributed by atoms with Gasteiger partial charge in [-0.1, -0.05) is 0 Å². The SMILES string of the molecule is c1cc(N(C2CC2)C2CCN(c3ncnc4ccsc34)CC2)ncn1. The molecule has 3 aromatic rings. The number of fused-ring (bicyclic) bond motifs is 1. The minimum absolute atomic E-state index is 0.555. The molecule has 2 fully saturated rings. The van der Waals surface area contributed by atoms with E-state index in [0.717, 1.165) is 43.1 Å². The molecule has 0 bridgehead atoms. The first kappa shape index (κ1) is 15.0. The Bertz CT molecular complexity index is 854. The molecule has 0 radical (unpaired) electrons. The van der Waals surface area contributed by atoms with E-state index in [1.807, 2.05) is 12.3 Å². The van der Waals surface area contributed by atoms with Gasteiger partial charge in [0.2, 0.25) is 0 Å². The van der Waals surface area contributed by atoms with Crippen LogP contribution in [0.2, 0.25) is 0 Å². The molecule has 7 heteroatoms. The fourth-order valence-corrected chi connectivity index (χ4v) is 4.68. The fraction of sp³-hybridized carbons (Fsp3) is 0.444. The molecule has 1 saturated heterocycles. The third-order valence-electron chi connectivity index (χ3n) is 5.15. The quantitative estimate of drug-likeness (QED) is 0.719. The third kappa shape index (κ3) is 2.82. The van der Waals surface area contributed by atoms with Gasteiger partial charge in [-0.2, -0.15) is 0 Å². The summed E-state index contributed by atoms with van der Waals surface area (Å²) in [6.45, 7) is 2.06. The molecular formula is C18H20N6S. The lowest BCUT2D eigenvalue weighted by molar-refractivity contribution is 0.458. The van der Waals surface area contributed by atoms with E-state index in [1.54, 1.807) is 24.0 Å². The lowest BCUT2D eigenvalue weighted by atomic mass is 10.0. The van der Waals surface area contributed by atoms with Crippen LogP contribution in [-0.2, 0) is 0 Å². The highest BCUT2D eigenvalue weighted by Gasteiger charge is 2.36. The molecule has 0 aromatic carbocycles. The number of thiophene rings is 1. The number of hydrogen-bond acceptors (Lipinski definition) is 7. The Kier molecular flexibility index (Phi) is 3.73. The third-order valence-corrected chi connectivity index (χ3v) is 6.05. The highest BCUT2D eigenvalue weighted by atomic mass is 32.1. The Morgan fingerprint density at radius 1 is 0.960 bits per heavy atom. The molecule has 1 aliphatic carbocycles. The maximum Gasteiger partial charge on any atom is 0.150 e. The van der Waals surface area contributed by atoms with Crippen LogP contribution in [0.15, 0.2) is 36.4 Å². The summed E-state index contributed by atoms with van der Waals surface area (Å²) < 4.78 is 1.20.